The second kappa shape index (κ2) is 11.2. The molecule has 0 aromatic heterocycles. The Morgan fingerprint density at radius 3 is 2.39 bits per heavy atom. The van der Waals surface area contributed by atoms with Crippen LogP contribution in [0.5, 0.6) is 0 Å². The molecule has 0 aliphatic carbocycles. The van der Waals surface area contributed by atoms with Crippen LogP contribution in [-0.2, 0) is 20.8 Å². The fourth-order valence-corrected chi connectivity index (χ4v) is 3.51. The van der Waals surface area contributed by atoms with Crippen molar-refractivity contribution in [3.05, 3.63) is 66.0 Å². The lowest BCUT2D eigenvalue weighted by molar-refractivity contribution is -0.126. The number of likely N-dealkylation sites (tertiary alicyclic amines) is 1. The number of benzene rings is 2. The van der Waals surface area contributed by atoms with E-state index in [0.29, 0.717) is 25.2 Å². The highest BCUT2D eigenvalue weighted by Gasteiger charge is 2.22. The molecule has 0 radical (unpaired) electrons. The zero-order chi connectivity index (χ0) is 22.1. The highest BCUT2D eigenvalue weighted by atomic mass is 19.1. The average molecular weight is 426 g/mol. The molecule has 3 amide bonds. The number of hydrogen-bond donors (Lipinski definition) is 3. The second-order valence-corrected chi connectivity index (χ2v) is 7.62. The molecular weight excluding hydrogens is 399 g/mol. The van der Waals surface area contributed by atoms with E-state index in [1.807, 2.05) is 30.3 Å². The molecule has 0 bridgehead atoms. The Kier molecular flexibility index (Phi) is 8.12. The number of anilines is 1. The summed E-state index contributed by atoms with van der Waals surface area (Å²) in [5, 5.41) is 8.35. The number of para-hydroxylation sites is 1. The van der Waals surface area contributed by atoms with Crippen molar-refractivity contribution < 1.29 is 18.8 Å². The molecular formula is C23H27FN4O3. The number of rotatable bonds is 8. The fourth-order valence-electron chi connectivity index (χ4n) is 3.51. The number of carbonyl (C=O) groups excluding carboxylic acids is 3. The van der Waals surface area contributed by atoms with E-state index in [-0.39, 0.29) is 36.7 Å². The van der Waals surface area contributed by atoms with Crippen LogP contribution in [-0.4, -0.2) is 54.8 Å². The van der Waals surface area contributed by atoms with Gasteiger partial charge in [0, 0.05) is 24.8 Å². The summed E-state index contributed by atoms with van der Waals surface area (Å²) in [5.74, 6) is -1.05. The topological polar surface area (TPSA) is 90.5 Å². The van der Waals surface area contributed by atoms with Gasteiger partial charge in [-0.1, -0.05) is 30.3 Å². The Balaban J connectivity index is 1.31. The highest BCUT2D eigenvalue weighted by molar-refractivity contribution is 5.92. The number of nitrogens with zero attached hydrogens (tertiary/aromatic N) is 1. The first kappa shape index (κ1) is 22.4. The summed E-state index contributed by atoms with van der Waals surface area (Å²) < 4.78 is 13.2. The van der Waals surface area contributed by atoms with Crippen LogP contribution in [0.2, 0.25) is 0 Å². The van der Waals surface area contributed by atoms with E-state index in [4.69, 9.17) is 0 Å². The van der Waals surface area contributed by atoms with Crippen molar-refractivity contribution in [2.24, 2.45) is 0 Å². The molecule has 0 atom stereocenters. The number of nitrogens with one attached hydrogen (secondary N) is 3. The minimum absolute atomic E-state index is 0.0149. The summed E-state index contributed by atoms with van der Waals surface area (Å²) in [6, 6.07) is 15.2. The molecule has 1 saturated heterocycles. The summed E-state index contributed by atoms with van der Waals surface area (Å²) in [5.41, 5.74) is 1.33. The maximum Gasteiger partial charge on any atom is 0.239 e. The minimum atomic E-state index is -0.396. The lowest BCUT2D eigenvalue weighted by Gasteiger charge is -2.31. The number of amides is 3. The van der Waals surface area contributed by atoms with E-state index in [1.54, 1.807) is 12.1 Å². The number of carbonyl (C=O) groups is 3. The van der Waals surface area contributed by atoms with Crippen molar-refractivity contribution >= 4 is 23.4 Å². The molecule has 1 heterocycles. The van der Waals surface area contributed by atoms with Crippen molar-refractivity contribution in [3.63, 3.8) is 0 Å². The van der Waals surface area contributed by atoms with Gasteiger partial charge in [0.15, 0.2) is 0 Å². The van der Waals surface area contributed by atoms with E-state index in [1.165, 1.54) is 12.1 Å². The van der Waals surface area contributed by atoms with Gasteiger partial charge < -0.3 is 16.0 Å². The number of hydrogen-bond acceptors (Lipinski definition) is 4. The Morgan fingerprint density at radius 1 is 0.935 bits per heavy atom. The molecule has 164 valence electrons. The van der Waals surface area contributed by atoms with E-state index in [9.17, 15) is 18.8 Å². The van der Waals surface area contributed by atoms with Gasteiger partial charge in [0.25, 0.3) is 0 Å². The van der Waals surface area contributed by atoms with Crippen LogP contribution in [0.1, 0.15) is 18.4 Å². The normalized spacial score (nSPS) is 14.6. The second-order valence-electron chi connectivity index (χ2n) is 7.62. The van der Waals surface area contributed by atoms with Crippen LogP contribution in [0.15, 0.2) is 54.6 Å². The molecule has 8 heteroatoms. The van der Waals surface area contributed by atoms with Crippen molar-refractivity contribution in [2.75, 3.05) is 31.5 Å². The monoisotopic (exact) mass is 426 g/mol. The minimum Gasteiger partial charge on any atom is -0.352 e. The molecule has 0 saturated carbocycles. The Morgan fingerprint density at radius 2 is 1.68 bits per heavy atom. The van der Waals surface area contributed by atoms with Gasteiger partial charge in [-0.15, -0.1) is 0 Å². The Hall–Kier alpha value is -3.26. The first-order valence-corrected chi connectivity index (χ1v) is 10.4. The molecule has 2 aromatic rings. The zero-order valence-corrected chi connectivity index (χ0v) is 17.3. The van der Waals surface area contributed by atoms with Gasteiger partial charge in [-0.25, -0.2) is 4.39 Å². The Labute approximate surface area is 181 Å². The molecule has 0 spiro atoms. The SMILES string of the molecule is O=C(Cc1cccc(F)c1)NCC(=O)NC1CCN(CC(=O)Nc2ccccc2)CC1. The average Bonchev–Trinajstić information content (AvgIpc) is 2.74. The molecule has 1 aliphatic heterocycles. The van der Waals surface area contributed by atoms with Crippen molar-refractivity contribution in [1.29, 1.82) is 0 Å². The van der Waals surface area contributed by atoms with E-state index in [2.05, 4.69) is 20.9 Å². The lowest BCUT2D eigenvalue weighted by atomic mass is 10.0. The largest absolute Gasteiger partial charge is 0.352 e. The third-order valence-electron chi connectivity index (χ3n) is 5.08. The molecule has 3 N–H and O–H groups in total. The summed E-state index contributed by atoms with van der Waals surface area (Å²) >= 11 is 0. The highest BCUT2D eigenvalue weighted by Crippen LogP contribution is 2.11. The third-order valence-corrected chi connectivity index (χ3v) is 5.08. The van der Waals surface area contributed by atoms with E-state index < -0.39 is 5.82 Å². The lowest BCUT2D eigenvalue weighted by Crippen LogP contribution is -2.48. The van der Waals surface area contributed by atoms with Gasteiger partial charge in [-0.3, -0.25) is 19.3 Å². The fraction of sp³-hybridized carbons (Fsp3) is 0.348. The van der Waals surface area contributed by atoms with E-state index >= 15 is 0 Å². The molecule has 1 aliphatic rings. The molecule has 2 aromatic carbocycles. The van der Waals surface area contributed by atoms with Gasteiger partial charge in [0.1, 0.15) is 5.82 Å². The van der Waals surface area contributed by atoms with Gasteiger partial charge in [-0.05, 0) is 42.7 Å². The third kappa shape index (κ3) is 7.82. The van der Waals surface area contributed by atoms with Crippen LogP contribution in [0.25, 0.3) is 0 Å². The standard InChI is InChI=1S/C23H27FN4O3/c24-18-6-4-5-17(13-18)14-21(29)25-15-22(30)26-20-9-11-28(12-10-20)16-23(31)27-19-7-2-1-3-8-19/h1-8,13,20H,9-12,14-16H2,(H,25,29)(H,26,30)(H,27,31). The first-order chi connectivity index (χ1) is 15.0. The first-order valence-electron chi connectivity index (χ1n) is 10.4. The maximum atomic E-state index is 13.2. The van der Waals surface area contributed by atoms with Crippen molar-refractivity contribution in [2.45, 2.75) is 25.3 Å². The van der Waals surface area contributed by atoms with Crippen molar-refractivity contribution in [1.82, 2.24) is 15.5 Å². The zero-order valence-electron chi connectivity index (χ0n) is 17.3. The molecule has 7 nitrogen and oxygen atoms in total. The smallest absolute Gasteiger partial charge is 0.239 e. The van der Waals surface area contributed by atoms with Crippen LogP contribution < -0.4 is 16.0 Å². The van der Waals surface area contributed by atoms with Gasteiger partial charge in [0.2, 0.25) is 17.7 Å². The van der Waals surface area contributed by atoms with Crippen LogP contribution >= 0.6 is 0 Å². The predicted molar refractivity (Wildman–Crippen MR) is 116 cm³/mol. The summed E-state index contributed by atoms with van der Waals surface area (Å²) in [7, 11) is 0. The van der Waals surface area contributed by atoms with E-state index in [0.717, 1.165) is 18.5 Å². The van der Waals surface area contributed by atoms with Crippen LogP contribution in [0, 0.1) is 5.82 Å². The molecule has 1 fully saturated rings. The van der Waals surface area contributed by atoms with Gasteiger partial charge >= 0.3 is 0 Å². The Bertz CT molecular complexity index is 899. The number of piperidine rings is 1. The number of halogens is 1. The van der Waals surface area contributed by atoms with Crippen molar-refractivity contribution in [3.8, 4) is 0 Å². The molecule has 3 rings (SSSR count). The van der Waals surface area contributed by atoms with Gasteiger partial charge in [-0.2, -0.15) is 0 Å². The molecule has 31 heavy (non-hydrogen) atoms. The quantitative estimate of drug-likeness (QED) is 0.599. The van der Waals surface area contributed by atoms with Crippen LogP contribution in [0.4, 0.5) is 10.1 Å². The maximum absolute atomic E-state index is 13.2. The van der Waals surface area contributed by atoms with Gasteiger partial charge in [0.05, 0.1) is 19.5 Å². The summed E-state index contributed by atoms with van der Waals surface area (Å²) in [4.78, 5) is 38.3. The molecule has 0 unspecified atom stereocenters. The predicted octanol–water partition coefficient (Wildman–Crippen LogP) is 1.70. The van der Waals surface area contributed by atoms with Crippen LogP contribution in [0.3, 0.4) is 0 Å². The summed E-state index contributed by atoms with van der Waals surface area (Å²) in [6.45, 7) is 1.61. The summed E-state index contributed by atoms with van der Waals surface area (Å²) in [6.07, 6.45) is 1.50.